The summed E-state index contributed by atoms with van der Waals surface area (Å²) in [5.74, 6) is 2.87. The Morgan fingerprint density at radius 2 is 1.79 bits per heavy atom. The number of fused-ring (bicyclic) bond motifs is 2. The Bertz CT molecular complexity index is 902. The predicted molar refractivity (Wildman–Crippen MR) is 104 cm³/mol. The van der Waals surface area contributed by atoms with Crippen molar-refractivity contribution in [3.8, 4) is 11.5 Å². The Kier molecular flexibility index (Phi) is 4.10. The Hall–Kier alpha value is -2.83. The molecule has 0 spiro atoms. The minimum Gasteiger partial charge on any atom is -0.493 e. The quantitative estimate of drug-likeness (QED) is 0.794. The van der Waals surface area contributed by atoms with Crippen LogP contribution in [0.4, 0.5) is 5.82 Å². The molecule has 1 aromatic heterocycles. The van der Waals surface area contributed by atoms with Crippen LogP contribution in [0.3, 0.4) is 0 Å². The summed E-state index contributed by atoms with van der Waals surface area (Å²) in [6.45, 7) is 1.63. The number of methoxy groups -OCH3 is 2. The van der Waals surface area contributed by atoms with Crippen molar-refractivity contribution in [3.05, 3.63) is 41.9 Å². The van der Waals surface area contributed by atoms with Crippen LogP contribution in [0.1, 0.15) is 41.2 Å². The van der Waals surface area contributed by atoms with Gasteiger partial charge in [-0.25, -0.2) is 9.97 Å². The summed E-state index contributed by atoms with van der Waals surface area (Å²) in [7, 11) is 3.18. The Labute approximate surface area is 164 Å². The number of carbonyl (C=O) groups is 1. The highest BCUT2D eigenvalue weighted by molar-refractivity contribution is 5.96. The number of anilines is 1. The van der Waals surface area contributed by atoms with E-state index in [2.05, 4.69) is 20.9 Å². The molecule has 4 heterocycles. The van der Waals surface area contributed by atoms with Gasteiger partial charge in [-0.05, 0) is 37.5 Å². The van der Waals surface area contributed by atoms with Crippen molar-refractivity contribution >= 4 is 11.7 Å². The average molecular weight is 380 g/mol. The fourth-order valence-electron chi connectivity index (χ4n) is 4.38. The van der Waals surface area contributed by atoms with Gasteiger partial charge in [-0.1, -0.05) is 0 Å². The SMILES string of the molecule is COc1ccc(C(=O)N2C3CC2CN(c2cc(C4CC4)ncn2)C3)cc1OC. The zero-order valence-corrected chi connectivity index (χ0v) is 16.2. The number of hydrogen-bond donors (Lipinski definition) is 0. The maximum absolute atomic E-state index is 13.1. The van der Waals surface area contributed by atoms with Gasteiger partial charge in [0.15, 0.2) is 11.5 Å². The standard InChI is InChI=1S/C21H24N4O3/c1-27-18-6-5-14(7-19(18)28-2)21(26)25-15-8-16(25)11-24(10-15)20-9-17(13-3-4-13)22-12-23-20/h5-7,9,12-13,15-16H,3-4,8,10-11H2,1-2H3. The Balaban J connectivity index is 1.31. The molecule has 0 radical (unpaired) electrons. The first-order valence-electron chi connectivity index (χ1n) is 9.79. The molecule has 1 amide bonds. The number of amides is 1. The maximum Gasteiger partial charge on any atom is 0.254 e. The summed E-state index contributed by atoms with van der Waals surface area (Å²) in [6, 6.07) is 7.93. The number of nitrogens with zero attached hydrogens (tertiary/aromatic N) is 4. The van der Waals surface area contributed by atoms with Crippen molar-refractivity contribution in [2.75, 3.05) is 32.2 Å². The molecule has 2 aromatic rings. The van der Waals surface area contributed by atoms with Gasteiger partial charge in [0.1, 0.15) is 12.1 Å². The van der Waals surface area contributed by atoms with Crippen molar-refractivity contribution in [1.29, 1.82) is 0 Å². The number of piperazine rings is 1. The van der Waals surface area contributed by atoms with Crippen molar-refractivity contribution in [1.82, 2.24) is 14.9 Å². The van der Waals surface area contributed by atoms with Gasteiger partial charge in [-0.3, -0.25) is 4.79 Å². The first-order valence-corrected chi connectivity index (χ1v) is 9.79. The number of piperidine rings is 1. The second-order valence-electron chi connectivity index (χ2n) is 7.81. The summed E-state index contributed by atoms with van der Waals surface area (Å²) in [5.41, 5.74) is 1.79. The van der Waals surface area contributed by atoms with E-state index in [-0.39, 0.29) is 18.0 Å². The molecule has 7 heteroatoms. The van der Waals surface area contributed by atoms with Crippen molar-refractivity contribution in [2.45, 2.75) is 37.3 Å². The molecule has 2 unspecified atom stereocenters. The summed E-state index contributed by atoms with van der Waals surface area (Å²) in [5, 5.41) is 0. The molecule has 2 bridgehead atoms. The third-order valence-corrected chi connectivity index (χ3v) is 6.05. The van der Waals surface area contributed by atoms with Gasteiger partial charge in [0.25, 0.3) is 5.91 Å². The van der Waals surface area contributed by atoms with E-state index in [1.165, 1.54) is 12.8 Å². The van der Waals surface area contributed by atoms with E-state index in [1.54, 1.807) is 32.7 Å². The van der Waals surface area contributed by atoms with Gasteiger partial charge in [-0.2, -0.15) is 0 Å². The zero-order valence-electron chi connectivity index (χ0n) is 16.2. The molecule has 3 saturated heterocycles. The molecular weight excluding hydrogens is 356 g/mol. The van der Waals surface area contributed by atoms with Crippen LogP contribution in [0.25, 0.3) is 0 Å². The highest BCUT2D eigenvalue weighted by atomic mass is 16.5. The number of aromatic nitrogens is 2. The highest BCUT2D eigenvalue weighted by Gasteiger charge is 2.47. The smallest absolute Gasteiger partial charge is 0.254 e. The Morgan fingerprint density at radius 1 is 1.04 bits per heavy atom. The van der Waals surface area contributed by atoms with E-state index >= 15 is 0 Å². The monoisotopic (exact) mass is 380 g/mol. The first-order chi connectivity index (χ1) is 13.7. The maximum atomic E-state index is 13.1. The molecule has 7 nitrogen and oxygen atoms in total. The number of benzene rings is 1. The fraction of sp³-hybridized carbons (Fsp3) is 0.476. The van der Waals surface area contributed by atoms with Crippen LogP contribution in [0.2, 0.25) is 0 Å². The van der Waals surface area contributed by atoms with Crippen molar-refractivity contribution in [3.63, 3.8) is 0 Å². The molecular formula is C21H24N4O3. The fourth-order valence-corrected chi connectivity index (χ4v) is 4.38. The van der Waals surface area contributed by atoms with Gasteiger partial charge in [0, 0.05) is 36.3 Å². The lowest BCUT2D eigenvalue weighted by atomic mass is 9.86. The normalized spacial score (nSPS) is 23.2. The lowest BCUT2D eigenvalue weighted by Gasteiger charge is -2.56. The van der Waals surface area contributed by atoms with Crippen LogP contribution in [-0.4, -0.2) is 60.2 Å². The molecule has 28 heavy (non-hydrogen) atoms. The third-order valence-electron chi connectivity index (χ3n) is 6.05. The number of carbonyl (C=O) groups excluding carboxylic acids is 1. The van der Waals surface area contributed by atoms with E-state index in [0.717, 1.165) is 31.0 Å². The molecule has 1 aromatic carbocycles. The summed E-state index contributed by atoms with van der Waals surface area (Å²) in [4.78, 5) is 26.3. The van der Waals surface area contributed by atoms with Crippen molar-refractivity contribution in [2.24, 2.45) is 0 Å². The number of hydrogen-bond acceptors (Lipinski definition) is 6. The van der Waals surface area contributed by atoms with E-state index in [9.17, 15) is 4.79 Å². The average Bonchev–Trinajstić information content (AvgIpc) is 3.58. The van der Waals surface area contributed by atoms with Crippen LogP contribution in [0, 0.1) is 0 Å². The largest absolute Gasteiger partial charge is 0.493 e. The summed E-state index contributed by atoms with van der Waals surface area (Å²) < 4.78 is 10.6. The van der Waals surface area contributed by atoms with Crippen LogP contribution in [-0.2, 0) is 0 Å². The lowest BCUT2D eigenvalue weighted by molar-refractivity contribution is 0.00573. The van der Waals surface area contributed by atoms with Crippen molar-refractivity contribution < 1.29 is 14.3 Å². The van der Waals surface area contributed by atoms with E-state index in [4.69, 9.17) is 9.47 Å². The molecule has 3 aliphatic heterocycles. The summed E-state index contributed by atoms with van der Waals surface area (Å²) in [6.07, 6.45) is 5.19. The highest BCUT2D eigenvalue weighted by Crippen LogP contribution is 2.41. The second-order valence-corrected chi connectivity index (χ2v) is 7.81. The topological polar surface area (TPSA) is 67.8 Å². The molecule has 146 valence electrons. The third kappa shape index (κ3) is 2.85. The predicted octanol–water partition coefficient (Wildman–Crippen LogP) is 2.47. The number of rotatable bonds is 5. The van der Waals surface area contributed by atoms with Crippen LogP contribution in [0.15, 0.2) is 30.6 Å². The summed E-state index contributed by atoms with van der Waals surface area (Å²) >= 11 is 0. The number of ether oxygens (including phenoxy) is 2. The van der Waals surface area contributed by atoms with E-state index < -0.39 is 0 Å². The van der Waals surface area contributed by atoms with Gasteiger partial charge >= 0.3 is 0 Å². The van der Waals surface area contributed by atoms with Gasteiger partial charge in [-0.15, -0.1) is 0 Å². The van der Waals surface area contributed by atoms with Gasteiger partial charge < -0.3 is 19.3 Å². The minimum absolute atomic E-state index is 0.0585. The van der Waals surface area contributed by atoms with Crippen LogP contribution < -0.4 is 14.4 Å². The molecule has 1 saturated carbocycles. The Morgan fingerprint density at radius 3 is 2.46 bits per heavy atom. The van der Waals surface area contributed by atoms with Crippen LogP contribution >= 0.6 is 0 Å². The van der Waals surface area contributed by atoms with E-state index in [0.29, 0.717) is 23.0 Å². The van der Waals surface area contributed by atoms with Crippen LogP contribution in [0.5, 0.6) is 11.5 Å². The zero-order chi connectivity index (χ0) is 19.3. The van der Waals surface area contributed by atoms with Gasteiger partial charge in [0.2, 0.25) is 0 Å². The van der Waals surface area contributed by atoms with Gasteiger partial charge in [0.05, 0.1) is 26.3 Å². The molecule has 4 fully saturated rings. The lowest BCUT2D eigenvalue weighted by Crippen LogP contribution is -2.70. The minimum atomic E-state index is 0.0585. The first kappa shape index (κ1) is 17.3. The van der Waals surface area contributed by atoms with E-state index in [1.807, 2.05) is 11.0 Å². The molecule has 1 aliphatic carbocycles. The molecule has 4 aliphatic rings. The molecule has 0 N–H and O–H groups in total. The second kappa shape index (κ2) is 6.65. The molecule has 6 rings (SSSR count). The molecule has 2 atom stereocenters.